The van der Waals surface area contributed by atoms with Crippen molar-refractivity contribution in [3.05, 3.63) is 101 Å². The third-order valence-corrected chi connectivity index (χ3v) is 11.1. The van der Waals surface area contributed by atoms with Gasteiger partial charge in [0.2, 0.25) is 0 Å². The summed E-state index contributed by atoms with van der Waals surface area (Å²) < 4.78 is 12.6. The highest BCUT2D eigenvalue weighted by Crippen LogP contribution is 2.37. The number of fused-ring (bicyclic) bond motifs is 2. The number of aromatic carboxylic acids is 1. The first-order valence-electron chi connectivity index (χ1n) is 18.0. The number of rotatable bonds is 11. The SMILES string of the molecule is CCOC(=O)CC[C@H]1CC[C@H](Oc2cccc(-c3ccc(N4CCc5cccc(C(=O)Nc6nc7ccccc7s6)c5C4)nc3C(=O)O)c2C)CC1. The minimum atomic E-state index is -1.11. The molecule has 0 radical (unpaired) electrons. The maximum Gasteiger partial charge on any atom is 0.355 e. The summed E-state index contributed by atoms with van der Waals surface area (Å²) in [6.45, 7) is 5.24. The first kappa shape index (κ1) is 35.1. The zero-order valence-electron chi connectivity index (χ0n) is 29.4. The van der Waals surface area contributed by atoms with Crippen molar-refractivity contribution < 1.29 is 29.0 Å². The summed E-state index contributed by atoms with van der Waals surface area (Å²) in [6.07, 6.45) is 5.83. The van der Waals surface area contributed by atoms with E-state index in [1.807, 2.05) is 91.5 Å². The molecule has 2 aromatic heterocycles. The standard InChI is InChI=1S/C41H42N4O6S/c1-3-50-37(46)21-16-26-14-17-28(18-15-26)51-34-12-7-9-29(25(34)2)30-19-20-36(43-38(30)40(48)49)45-23-22-27-8-6-10-31(32(27)24-45)39(47)44-41-42-33-11-4-5-13-35(33)52-41/h4-13,19-20,26,28H,3,14-18,21-24H2,1-2H3,(H,48,49)(H,42,44,47)/t26-,28-. The van der Waals surface area contributed by atoms with Crippen molar-refractivity contribution in [1.82, 2.24) is 9.97 Å². The third-order valence-electron chi connectivity index (χ3n) is 10.2. The van der Waals surface area contributed by atoms with Crippen molar-refractivity contribution in [3.8, 4) is 16.9 Å². The molecule has 0 bridgehead atoms. The van der Waals surface area contributed by atoms with Gasteiger partial charge in [0.25, 0.3) is 5.91 Å². The number of para-hydroxylation sites is 1. The zero-order valence-corrected chi connectivity index (χ0v) is 30.2. The monoisotopic (exact) mass is 718 g/mol. The molecule has 10 nitrogen and oxygen atoms in total. The van der Waals surface area contributed by atoms with Crippen LogP contribution in [0.3, 0.4) is 0 Å². The number of esters is 1. The van der Waals surface area contributed by atoms with E-state index in [2.05, 4.69) is 10.3 Å². The molecule has 0 saturated heterocycles. The second-order valence-corrected chi connectivity index (χ2v) is 14.5. The minimum Gasteiger partial charge on any atom is -0.490 e. The molecule has 0 spiro atoms. The van der Waals surface area contributed by atoms with Gasteiger partial charge in [-0.1, -0.05) is 47.7 Å². The van der Waals surface area contributed by atoms with Gasteiger partial charge in [-0.05, 0) is 117 Å². The lowest BCUT2D eigenvalue weighted by Crippen LogP contribution is -2.33. The summed E-state index contributed by atoms with van der Waals surface area (Å²) in [5.74, 6) is 0.286. The number of nitrogens with zero attached hydrogens (tertiary/aromatic N) is 3. The number of amides is 1. The van der Waals surface area contributed by atoms with Crippen LogP contribution >= 0.6 is 11.3 Å². The van der Waals surface area contributed by atoms with Crippen LogP contribution in [-0.2, 0) is 22.5 Å². The van der Waals surface area contributed by atoms with Gasteiger partial charge in [0.05, 0.1) is 22.9 Å². The largest absolute Gasteiger partial charge is 0.490 e. The Kier molecular flexibility index (Phi) is 10.5. The molecule has 1 aliphatic heterocycles. The fourth-order valence-electron chi connectivity index (χ4n) is 7.39. The van der Waals surface area contributed by atoms with Crippen LogP contribution in [0.5, 0.6) is 5.75 Å². The van der Waals surface area contributed by atoms with Gasteiger partial charge < -0.3 is 19.5 Å². The topological polar surface area (TPSA) is 131 Å². The molecule has 7 rings (SSSR count). The van der Waals surface area contributed by atoms with Crippen LogP contribution in [0.25, 0.3) is 21.3 Å². The number of thiazole rings is 1. The zero-order chi connectivity index (χ0) is 36.2. The molecule has 5 aromatic rings. The van der Waals surface area contributed by atoms with Crippen molar-refractivity contribution in [2.75, 3.05) is 23.4 Å². The maximum atomic E-state index is 13.5. The normalized spacial score (nSPS) is 17.0. The quantitative estimate of drug-likeness (QED) is 0.129. The summed E-state index contributed by atoms with van der Waals surface area (Å²) in [7, 11) is 0. The molecule has 0 unspecified atom stereocenters. The Labute approximate surface area is 306 Å². The first-order valence-corrected chi connectivity index (χ1v) is 18.8. The van der Waals surface area contributed by atoms with E-state index in [1.165, 1.54) is 11.3 Å². The number of hydrogen-bond acceptors (Lipinski definition) is 9. The van der Waals surface area contributed by atoms with Crippen LogP contribution in [0.4, 0.5) is 10.9 Å². The van der Waals surface area contributed by atoms with Gasteiger partial charge in [0.1, 0.15) is 11.6 Å². The number of nitrogens with one attached hydrogen (secondary N) is 1. The number of pyridine rings is 1. The van der Waals surface area contributed by atoms with Crippen LogP contribution in [0.15, 0.2) is 72.8 Å². The van der Waals surface area contributed by atoms with Gasteiger partial charge in [-0.25, -0.2) is 14.8 Å². The van der Waals surface area contributed by atoms with Gasteiger partial charge >= 0.3 is 11.9 Å². The van der Waals surface area contributed by atoms with Crippen LogP contribution < -0.4 is 15.0 Å². The summed E-state index contributed by atoms with van der Waals surface area (Å²) in [4.78, 5) is 49.3. The number of carbonyl (C=O) groups excluding carboxylic acids is 2. The Morgan fingerprint density at radius 1 is 0.942 bits per heavy atom. The maximum absolute atomic E-state index is 13.5. The second kappa shape index (κ2) is 15.5. The van der Waals surface area contributed by atoms with Gasteiger partial charge in [-0.3, -0.25) is 14.9 Å². The van der Waals surface area contributed by atoms with Crippen molar-refractivity contribution in [3.63, 3.8) is 0 Å². The first-order chi connectivity index (χ1) is 25.3. The predicted octanol–water partition coefficient (Wildman–Crippen LogP) is 8.46. The summed E-state index contributed by atoms with van der Waals surface area (Å²) >= 11 is 1.43. The molecule has 1 aliphatic carbocycles. The number of anilines is 2. The average molecular weight is 719 g/mol. The molecule has 3 aromatic carbocycles. The number of hydrogen-bond donors (Lipinski definition) is 2. The second-order valence-electron chi connectivity index (χ2n) is 13.5. The number of ether oxygens (including phenoxy) is 2. The smallest absolute Gasteiger partial charge is 0.355 e. The molecule has 0 atom stereocenters. The Morgan fingerprint density at radius 2 is 1.75 bits per heavy atom. The molecule has 1 fully saturated rings. The molecule has 1 saturated carbocycles. The lowest BCUT2D eigenvalue weighted by Gasteiger charge is -2.31. The highest BCUT2D eigenvalue weighted by Gasteiger charge is 2.27. The molecule has 2 aliphatic rings. The Morgan fingerprint density at radius 3 is 2.54 bits per heavy atom. The van der Waals surface area contributed by atoms with Crippen molar-refractivity contribution in [1.29, 1.82) is 0 Å². The number of benzene rings is 3. The van der Waals surface area contributed by atoms with E-state index < -0.39 is 5.97 Å². The summed E-state index contributed by atoms with van der Waals surface area (Å²) in [6, 6.07) is 23.0. The van der Waals surface area contributed by atoms with E-state index in [-0.39, 0.29) is 23.7 Å². The highest BCUT2D eigenvalue weighted by atomic mass is 32.1. The number of carbonyl (C=O) groups is 3. The van der Waals surface area contributed by atoms with Crippen LogP contribution in [-0.4, -0.2) is 52.2 Å². The fraction of sp³-hybridized carbons (Fsp3) is 0.341. The predicted molar refractivity (Wildman–Crippen MR) is 202 cm³/mol. The minimum absolute atomic E-state index is 0.0347. The van der Waals surface area contributed by atoms with E-state index in [1.54, 1.807) is 0 Å². The van der Waals surface area contributed by atoms with Crippen molar-refractivity contribution in [2.24, 2.45) is 5.92 Å². The molecule has 11 heteroatoms. The van der Waals surface area contributed by atoms with Crippen molar-refractivity contribution >= 4 is 50.3 Å². The van der Waals surface area contributed by atoms with E-state index in [0.29, 0.717) is 60.5 Å². The fourth-order valence-corrected chi connectivity index (χ4v) is 8.25. The molecule has 2 N–H and O–H groups in total. The van der Waals surface area contributed by atoms with Crippen LogP contribution in [0.1, 0.15) is 83.0 Å². The van der Waals surface area contributed by atoms with Crippen molar-refractivity contribution in [2.45, 2.75) is 71.4 Å². The summed E-state index contributed by atoms with van der Waals surface area (Å²) in [5.41, 5.74) is 5.49. The lowest BCUT2D eigenvalue weighted by atomic mass is 9.84. The van der Waals surface area contributed by atoms with Gasteiger partial charge in [-0.15, -0.1) is 0 Å². The number of carboxylic acid groups (broad SMARTS) is 1. The Bertz CT molecular complexity index is 2090. The van der Waals surface area contributed by atoms with Crippen LogP contribution in [0, 0.1) is 12.8 Å². The number of carboxylic acids is 1. The third kappa shape index (κ3) is 7.64. The molecule has 52 heavy (non-hydrogen) atoms. The van der Waals surface area contributed by atoms with Gasteiger partial charge in [0.15, 0.2) is 10.8 Å². The molecule has 3 heterocycles. The van der Waals surface area contributed by atoms with E-state index in [0.717, 1.165) is 70.3 Å². The highest BCUT2D eigenvalue weighted by molar-refractivity contribution is 7.22. The molecule has 1 amide bonds. The van der Waals surface area contributed by atoms with E-state index in [9.17, 15) is 19.5 Å². The molecular weight excluding hydrogens is 677 g/mol. The number of aromatic nitrogens is 2. The van der Waals surface area contributed by atoms with Gasteiger partial charge in [-0.2, -0.15) is 0 Å². The Hall–Kier alpha value is -5.29. The van der Waals surface area contributed by atoms with E-state index in [4.69, 9.17) is 14.5 Å². The lowest BCUT2D eigenvalue weighted by molar-refractivity contribution is -0.143. The molecular formula is C41H42N4O6S. The Balaban J connectivity index is 1.06. The summed E-state index contributed by atoms with van der Waals surface area (Å²) in [5, 5.41) is 13.9. The van der Waals surface area contributed by atoms with Crippen LogP contribution in [0.2, 0.25) is 0 Å². The molecule has 268 valence electrons. The van der Waals surface area contributed by atoms with Gasteiger partial charge in [0, 0.05) is 30.6 Å². The van der Waals surface area contributed by atoms with E-state index >= 15 is 0 Å². The average Bonchev–Trinajstić information content (AvgIpc) is 3.57.